The zero-order valence-corrected chi connectivity index (χ0v) is 11.6. The Labute approximate surface area is 110 Å². The lowest BCUT2D eigenvalue weighted by Gasteiger charge is -2.22. The minimum Gasteiger partial charge on any atom is -0.468 e. The summed E-state index contributed by atoms with van der Waals surface area (Å²) in [6.07, 6.45) is 1.99. The molecule has 0 aromatic heterocycles. The van der Waals surface area contributed by atoms with E-state index in [2.05, 4.69) is 17.0 Å². The Balaban J connectivity index is 0.000000771. The largest absolute Gasteiger partial charge is 0.468 e. The molecule has 3 nitrogen and oxygen atoms in total. The molecule has 1 aliphatic heterocycles. The second-order valence-corrected chi connectivity index (χ2v) is 4.14. The zero-order chi connectivity index (χ0) is 13.4. The first-order valence-electron chi connectivity index (χ1n) is 6.67. The van der Waals surface area contributed by atoms with Crippen LogP contribution in [0.3, 0.4) is 0 Å². The SMILES string of the molecule is CC.COC(=O)C1CCCN1Cc1ccccc1. The predicted molar refractivity (Wildman–Crippen MR) is 73.2 cm³/mol. The number of methoxy groups -OCH3 is 1. The molecule has 2 rings (SSSR count). The summed E-state index contributed by atoms with van der Waals surface area (Å²) in [6.45, 7) is 5.81. The average molecular weight is 249 g/mol. The molecule has 0 amide bonds. The quantitative estimate of drug-likeness (QED) is 0.771. The molecule has 3 heteroatoms. The Hall–Kier alpha value is -1.35. The van der Waals surface area contributed by atoms with E-state index in [1.807, 2.05) is 32.0 Å². The summed E-state index contributed by atoms with van der Waals surface area (Å²) in [5.74, 6) is -0.103. The topological polar surface area (TPSA) is 29.5 Å². The lowest BCUT2D eigenvalue weighted by molar-refractivity contribution is -0.146. The van der Waals surface area contributed by atoms with Crippen LogP contribution in [0.25, 0.3) is 0 Å². The van der Waals surface area contributed by atoms with Gasteiger partial charge in [0.15, 0.2) is 0 Å². The van der Waals surface area contributed by atoms with Gasteiger partial charge < -0.3 is 4.74 Å². The molecule has 100 valence electrons. The molecular formula is C15H23NO2. The van der Waals surface area contributed by atoms with E-state index in [0.717, 1.165) is 25.9 Å². The van der Waals surface area contributed by atoms with Crippen molar-refractivity contribution in [3.05, 3.63) is 35.9 Å². The van der Waals surface area contributed by atoms with E-state index >= 15 is 0 Å². The fourth-order valence-electron chi connectivity index (χ4n) is 2.24. The van der Waals surface area contributed by atoms with Crippen LogP contribution in [0.4, 0.5) is 0 Å². The number of ether oxygens (including phenoxy) is 1. The molecule has 1 heterocycles. The highest BCUT2D eigenvalue weighted by Crippen LogP contribution is 2.20. The first-order chi connectivity index (χ1) is 8.81. The minimum atomic E-state index is -0.103. The lowest BCUT2D eigenvalue weighted by atomic mass is 10.2. The van der Waals surface area contributed by atoms with Crippen LogP contribution in [0.1, 0.15) is 32.3 Å². The highest BCUT2D eigenvalue weighted by Gasteiger charge is 2.31. The third-order valence-corrected chi connectivity index (χ3v) is 3.07. The highest BCUT2D eigenvalue weighted by atomic mass is 16.5. The number of esters is 1. The normalized spacial score (nSPS) is 18.9. The summed E-state index contributed by atoms with van der Waals surface area (Å²) >= 11 is 0. The van der Waals surface area contributed by atoms with Gasteiger partial charge in [0, 0.05) is 6.54 Å². The number of hydrogen-bond acceptors (Lipinski definition) is 3. The summed E-state index contributed by atoms with van der Waals surface area (Å²) < 4.78 is 4.82. The highest BCUT2D eigenvalue weighted by molar-refractivity contribution is 5.75. The molecule has 1 aliphatic rings. The fraction of sp³-hybridized carbons (Fsp3) is 0.533. The Kier molecular flexibility index (Phi) is 6.44. The van der Waals surface area contributed by atoms with Gasteiger partial charge in [-0.15, -0.1) is 0 Å². The molecule has 0 saturated carbocycles. The van der Waals surface area contributed by atoms with Crippen LogP contribution in [0, 0.1) is 0 Å². The molecule has 0 aliphatic carbocycles. The summed E-state index contributed by atoms with van der Waals surface area (Å²) in [7, 11) is 1.46. The molecule has 0 radical (unpaired) electrons. The number of nitrogens with zero attached hydrogens (tertiary/aromatic N) is 1. The van der Waals surface area contributed by atoms with E-state index in [0.29, 0.717) is 0 Å². The molecule has 1 atom stereocenters. The van der Waals surface area contributed by atoms with E-state index in [9.17, 15) is 4.79 Å². The monoisotopic (exact) mass is 249 g/mol. The molecule has 0 N–H and O–H groups in total. The van der Waals surface area contributed by atoms with Crippen LogP contribution in [0.5, 0.6) is 0 Å². The van der Waals surface area contributed by atoms with Gasteiger partial charge in [-0.3, -0.25) is 9.69 Å². The first kappa shape index (κ1) is 14.7. The molecule has 18 heavy (non-hydrogen) atoms. The minimum absolute atomic E-state index is 0.0507. The molecule has 0 bridgehead atoms. The van der Waals surface area contributed by atoms with Crippen molar-refractivity contribution >= 4 is 5.97 Å². The Morgan fingerprint density at radius 2 is 2.00 bits per heavy atom. The van der Waals surface area contributed by atoms with E-state index in [1.54, 1.807) is 0 Å². The van der Waals surface area contributed by atoms with E-state index in [4.69, 9.17) is 4.74 Å². The third-order valence-electron chi connectivity index (χ3n) is 3.07. The Morgan fingerprint density at radius 1 is 1.33 bits per heavy atom. The number of rotatable bonds is 3. The van der Waals surface area contributed by atoms with Crippen molar-refractivity contribution < 1.29 is 9.53 Å². The molecule has 1 aromatic carbocycles. The Bertz CT molecular complexity index is 351. The van der Waals surface area contributed by atoms with E-state index < -0.39 is 0 Å². The van der Waals surface area contributed by atoms with Crippen LogP contribution in [0.2, 0.25) is 0 Å². The maximum absolute atomic E-state index is 11.6. The van der Waals surface area contributed by atoms with Gasteiger partial charge in [0.25, 0.3) is 0 Å². The summed E-state index contributed by atoms with van der Waals surface area (Å²) in [5, 5.41) is 0. The number of carbonyl (C=O) groups excluding carboxylic acids is 1. The van der Waals surface area contributed by atoms with E-state index in [1.165, 1.54) is 12.7 Å². The standard InChI is InChI=1S/C13H17NO2.C2H6/c1-16-13(15)12-8-5-9-14(12)10-11-6-3-2-4-7-11;1-2/h2-4,6-7,12H,5,8-10H2,1H3;1-2H3. The fourth-order valence-corrected chi connectivity index (χ4v) is 2.24. The smallest absolute Gasteiger partial charge is 0.323 e. The second-order valence-electron chi connectivity index (χ2n) is 4.14. The third kappa shape index (κ3) is 3.84. The summed E-state index contributed by atoms with van der Waals surface area (Å²) in [5.41, 5.74) is 1.25. The Morgan fingerprint density at radius 3 is 2.61 bits per heavy atom. The van der Waals surface area contributed by atoms with Crippen molar-refractivity contribution in [2.24, 2.45) is 0 Å². The number of carbonyl (C=O) groups is 1. The van der Waals surface area contributed by atoms with E-state index in [-0.39, 0.29) is 12.0 Å². The van der Waals surface area contributed by atoms with Gasteiger partial charge >= 0.3 is 5.97 Å². The maximum Gasteiger partial charge on any atom is 0.323 e. The van der Waals surface area contributed by atoms with Crippen LogP contribution < -0.4 is 0 Å². The molecule has 1 aromatic rings. The van der Waals surface area contributed by atoms with Gasteiger partial charge in [-0.05, 0) is 24.9 Å². The van der Waals surface area contributed by atoms with Gasteiger partial charge in [-0.2, -0.15) is 0 Å². The number of likely N-dealkylation sites (tertiary alicyclic amines) is 1. The van der Waals surface area contributed by atoms with Crippen molar-refractivity contribution in [1.82, 2.24) is 4.90 Å². The second kappa shape index (κ2) is 7.88. The summed E-state index contributed by atoms with van der Waals surface area (Å²) in [4.78, 5) is 13.7. The number of hydrogen-bond donors (Lipinski definition) is 0. The van der Waals surface area contributed by atoms with Crippen molar-refractivity contribution in [2.45, 2.75) is 39.3 Å². The molecule has 1 fully saturated rings. The van der Waals surface area contributed by atoms with Crippen molar-refractivity contribution in [1.29, 1.82) is 0 Å². The molecule has 1 unspecified atom stereocenters. The van der Waals surface area contributed by atoms with Crippen LogP contribution in [-0.4, -0.2) is 30.6 Å². The van der Waals surface area contributed by atoms with Crippen LogP contribution in [-0.2, 0) is 16.1 Å². The lowest BCUT2D eigenvalue weighted by Crippen LogP contribution is -2.36. The van der Waals surface area contributed by atoms with Gasteiger partial charge in [-0.1, -0.05) is 44.2 Å². The van der Waals surface area contributed by atoms with Crippen LogP contribution >= 0.6 is 0 Å². The average Bonchev–Trinajstić information content (AvgIpc) is 2.89. The number of benzene rings is 1. The molecular weight excluding hydrogens is 226 g/mol. The van der Waals surface area contributed by atoms with Gasteiger partial charge in [0.1, 0.15) is 6.04 Å². The molecule has 0 spiro atoms. The summed E-state index contributed by atoms with van der Waals surface area (Å²) in [6, 6.07) is 10.2. The molecule has 1 saturated heterocycles. The maximum atomic E-state index is 11.6. The zero-order valence-electron chi connectivity index (χ0n) is 11.6. The van der Waals surface area contributed by atoms with Crippen LogP contribution in [0.15, 0.2) is 30.3 Å². The van der Waals surface area contributed by atoms with Gasteiger partial charge in [0.05, 0.1) is 7.11 Å². The van der Waals surface area contributed by atoms with Gasteiger partial charge in [0.2, 0.25) is 0 Å². The van der Waals surface area contributed by atoms with Crippen molar-refractivity contribution in [3.63, 3.8) is 0 Å². The first-order valence-corrected chi connectivity index (χ1v) is 6.67. The van der Waals surface area contributed by atoms with Crippen molar-refractivity contribution in [2.75, 3.05) is 13.7 Å². The predicted octanol–water partition coefficient (Wildman–Crippen LogP) is 2.85. The van der Waals surface area contributed by atoms with Gasteiger partial charge in [-0.25, -0.2) is 0 Å². The van der Waals surface area contributed by atoms with Crippen molar-refractivity contribution in [3.8, 4) is 0 Å².